The van der Waals surface area contributed by atoms with Gasteiger partial charge in [-0.2, -0.15) is 0 Å². The molecule has 0 unspecified atom stereocenters. The van der Waals surface area contributed by atoms with Crippen LogP contribution >= 0.6 is 11.8 Å². The summed E-state index contributed by atoms with van der Waals surface area (Å²) in [6.45, 7) is 2.26. The van der Waals surface area contributed by atoms with Crippen molar-refractivity contribution < 1.29 is 14.3 Å². The molecule has 1 amide bonds. The maximum Gasteiger partial charge on any atom is 0.309 e. The molecule has 0 radical (unpaired) electrons. The zero-order valence-electron chi connectivity index (χ0n) is 11.0. The van der Waals surface area contributed by atoms with Crippen molar-refractivity contribution in [3.63, 3.8) is 0 Å². The topological polar surface area (TPSA) is 62.2 Å². The van der Waals surface area contributed by atoms with Gasteiger partial charge < -0.3 is 9.64 Å². The molecule has 19 heavy (non-hydrogen) atoms. The minimum absolute atomic E-state index is 0.0579. The molecule has 0 spiro atoms. The van der Waals surface area contributed by atoms with Crippen LogP contribution < -0.4 is 0 Å². The Morgan fingerprint density at radius 1 is 1.42 bits per heavy atom. The number of hydrogen-bond donors (Lipinski definition) is 0. The molecule has 1 fully saturated rings. The standard InChI is InChI=1S/C12H15N3O3S/c1-8(16)18-11-9(12(17)15(3)13-11)4-5-10-14(2)6-7-19-10/h4-5H,6-7H2,1-3H3/b9-4+,10-5+. The van der Waals surface area contributed by atoms with Gasteiger partial charge in [0.05, 0.1) is 5.03 Å². The number of hydrogen-bond acceptors (Lipinski definition) is 6. The first kappa shape index (κ1) is 13.7. The van der Waals surface area contributed by atoms with E-state index in [1.54, 1.807) is 17.8 Å². The lowest BCUT2D eigenvalue weighted by Gasteiger charge is -2.09. The van der Waals surface area contributed by atoms with Crippen LogP contribution in [0.5, 0.6) is 0 Å². The van der Waals surface area contributed by atoms with Gasteiger partial charge in [0.2, 0.25) is 0 Å². The van der Waals surface area contributed by atoms with Gasteiger partial charge in [0, 0.05) is 33.3 Å². The van der Waals surface area contributed by atoms with E-state index >= 15 is 0 Å². The molecule has 0 bridgehead atoms. The molecule has 2 rings (SSSR count). The Labute approximate surface area is 115 Å². The first-order valence-corrected chi connectivity index (χ1v) is 6.79. The second-order valence-corrected chi connectivity index (χ2v) is 5.30. The molecule has 102 valence electrons. The van der Waals surface area contributed by atoms with Crippen LogP contribution in [0.2, 0.25) is 0 Å². The van der Waals surface area contributed by atoms with E-state index in [-0.39, 0.29) is 11.8 Å². The van der Waals surface area contributed by atoms with Gasteiger partial charge in [0.1, 0.15) is 5.57 Å². The summed E-state index contributed by atoms with van der Waals surface area (Å²) in [4.78, 5) is 25.0. The molecule has 0 saturated carbocycles. The summed E-state index contributed by atoms with van der Waals surface area (Å²) < 4.78 is 4.94. The van der Waals surface area contributed by atoms with Crippen LogP contribution in [0.25, 0.3) is 0 Å². The van der Waals surface area contributed by atoms with Crippen LogP contribution in [-0.2, 0) is 14.3 Å². The number of ether oxygens (including phenoxy) is 1. The molecule has 0 aromatic rings. The van der Waals surface area contributed by atoms with Gasteiger partial charge >= 0.3 is 5.97 Å². The molecule has 6 nitrogen and oxygen atoms in total. The van der Waals surface area contributed by atoms with E-state index in [0.29, 0.717) is 5.57 Å². The second kappa shape index (κ2) is 5.48. The van der Waals surface area contributed by atoms with Crippen LogP contribution in [0.4, 0.5) is 0 Å². The van der Waals surface area contributed by atoms with Crippen molar-refractivity contribution >= 4 is 29.5 Å². The van der Waals surface area contributed by atoms with Gasteiger partial charge in [0.25, 0.3) is 11.8 Å². The van der Waals surface area contributed by atoms with Crippen LogP contribution in [-0.4, -0.2) is 54.1 Å². The number of rotatable bonds is 1. The van der Waals surface area contributed by atoms with Crippen molar-refractivity contribution in [3.05, 3.63) is 22.8 Å². The summed E-state index contributed by atoms with van der Waals surface area (Å²) in [5.41, 5.74) is 0.297. The monoisotopic (exact) mass is 281 g/mol. The minimum atomic E-state index is -0.493. The number of allylic oxidation sites excluding steroid dienone is 2. The smallest absolute Gasteiger partial charge is 0.309 e. The van der Waals surface area contributed by atoms with Gasteiger partial charge in [0.15, 0.2) is 0 Å². The maximum absolute atomic E-state index is 11.9. The van der Waals surface area contributed by atoms with E-state index in [9.17, 15) is 9.59 Å². The molecular formula is C12H15N3O3S. The second-order valence-electron chi connectivity index (χ2n) is 4.18. The Balaban J connectivity index is 2.23. The number of carbonyl (C=O) groups excluding carboxylic acids is 2. The predicted molar refractivity (Wildman–Crippen MR) is 73.2 cm³/mol. The third-order valence-corrected chi connectivity index (χ3v) is 3.81. The Morgan fingerprint density at radius 2 is 2.16 bits per heavy atom. The molecule has 0 aromatic carbocycles. The normalized spacial score (nSPS) is 23.5. The molecule has 2 aliphatic heterocycles. The lowest BCUT2D eigenvalue weighted by atomic mass is 10.2. The van der Waals surface area contributed by atoms with E-state index in [2.05, 4.69) is 10.0 Å². The summed E-state index contributed by atoms with van der Waals surface area (Å²) in [6, 6.07) is 0. The van der Waals surface area contributed by atoms with E-state index in [0.717, 1.165) is 22.3 Å². The molecular weight excluding hydrogens is 266 g/mol. The minimum Gasteiger partial charge on any atom is -0.405 e. The molecule has 2 heterocycles. The fourth-order valence-corrected chi connectivity index (χ4v) is 2.74. The average molecular weight is 281 g/mol. The average Bonchev–Trinajstić information content (AvgIpc) is 2.83. The van der Waals surface area contributed by atoms with E-state index in [1.165, 1.54) is 14.0 Å². The Kier molecular flexibility index (Phi) is 3.94. The van der Waals surface area contributed by atoms with Gasteiger partial charge in [-0.15, -0.1) is 16.9 Å². The lowest BCUT2D eigenvalue weighted by molar-refractivity contribution is -0.132. The first-order chi connectivity index (χ1) is 8.99. The van der Waals surface area contributed by atoms with Crippen LogP contribution in [0.3, 0.4) is 0 Å². The summed E-state index contributed by atoms with van der Waals surface area (Å²) in [5, 5.41) is 6.14. The van der Waals surface area contributed by atoms with Gasteiger partial charge in [-0.1, -0.05) is 0 Å². The molecule has 0 aliphatic carbocycles. The number of likely N-dealkylation sites (N-methyl/N-ethyl adjacent to an activating group) is 1. The summed E-state index contributed by atoms with van der Waals surface area (Å²) in [5.74, 6) is 0.318. The quantitative estimate of drug-likeness (QED) is 0.525. The fourth-order valence-electron chi connectivity index (χ4n) is 1.69. The van der Waals surface area contributed by atoms with Crippen molar-refractivity contribution in [2.75, 3.05) is 26.4 Å². The van der Waals surface area contributed by atoms with Crippen molar-refractivity contribution in [2.45, 2.75) is 6.92 Å². The SMILES string of the molecule is CC(=O)OC1=NN(C)C(=O)/C1=C/C=C1/SCCN1C. The summed E-state index contributed by atoms with van der Waals surface area (Å²) in [7, 11) is 3.52. The first-order valence-electron chi connectivity index (χ1n) is 5.80. The molecule has 1 saturated heterocycles. The van der Waals surface area contributed by atoms with Crippen molar-refractivity contribution in [1.29, 1.82) is 0 Å². The number of amides is 1. The Bertz CT molecular complexity index is 510. The fraction of sp³-hybridized carbons (Fsp3) is 0.417. The van der Waals surface area contributed by atoms with E-state index in [4.69, 9.17) is 4.74 Å². The van der Waals surface area contributed by atoms with Crippen LogP contribution in [0.1, 0.15) is 6.92 Å². The number of esters is 1. The predicted octanol–water partition coefficient (Wildman–Crippen LogP) is 0.781. The maximum atomic E-state index is 11.9. The van der Waals surface area contributed by atoms with Gasteiger partial charge in [-0.3, -0.25) is 9.59 Å². The highest BCUT2D eigenvalue weighted by atomic mass is 32.2. The van der Waals surface area contributed by atoms with Gasteiger partial charge in [-0.25, -0.2) is 5.01 Å². The highest BCUT2D eigenvalue weighted by molar-refractivity contribution is 8.03. The summed E-state index contributed by atoms with van der Waals surface area (Å²) >= 11 is 1.72. The highest BCUT2D eigenvalue weighted by Gasteiger charge is 2.29. The van der Waals surface area contributed by atoms with E-state index < -0.39 is 5.97 Å². The number of hydrazone groups is 1. The zero-order chi connectivity index (χ0) is 14.0. The van der Waals surface area contributed by atoms with Crippen molar-refractivity contribution in [3.8, 4) is 0 Å². The molecule has 0 N–H and O–H groups in total. The Morgan fingerprint density at radius 3 is 2.74 bits per heavy atom. The largest absolute Gasteiger partial charge is 0.405 e. The van der Waals surface area contributed by atoms with Gasteiger partial charge in [-0.05, 0) is 12.2 Å². The van der Waals surface area contributed by atoms with Crippen LogP contribution in [0, 0.1) is 0 Å². The number of thioether (sulfide) groups is 1. The third kappa shape index (κ3) is 2.98. The zero-order valence-corrected chi connectivity index (χ0v) is 11.9. The lowest BCUT2D eigenvalue weighted by Crippen LogP contribution is -2.18. The molecule has 7 heteroatoms. The van der Waals surface area contributed by atoms with E-state index in [1.807, 2.05) is 13.1 Å². The van der Waals surface area contributed by atoms with Crippen molar-refractivity contribution in [2.24, 2.45) is 5.10 Å². The van der Waals surface area contributed by atoms with Crippen molar-refractivity contribution in [1.82, 2.24) is 9.91 Å². The third-order valence-electron chi connectivity index (χ3n) is 2.68. The summed E-state index contributed by atoms with van der Waals surface area (Å²) in [6.07, 6.45) is 3.50. The molecule has 0 aromatic heterocycles. The number of carbonyl (C=O) groups is 2. The van der Waals surface area contributed by atoms with Crippen LogP contribution in [0.15, 0.2) is 27.9 Å². The Hall–Kier alpha value is -1.76. The molecule has 0 atom stereocenters. The highest BCUT2D eigenvalue weighted by Crippen LogP contribution is 2.26. The number of nitrogens with zero attached hydrogens (tertiary/aromatic N) is 3. The molecule has 2 aliphatic rings.